The lowest BCUT2D eigenvalue weighted by molar-refractivity contribution is 0.0944. The molecule has 0 saturated heterocycles. The third-order valence-corrected chi connectivity index (χ3v) is 2.98. The molecule has 1 aromatic carbocycles. The number of amides is 1. The summed E-state index contributed by atoms with van der Waals surface area (Å²) in [5.41, 5.74) is 3.25. The third kappa shape index (κ3) is 3.80. The highest BCUT2D eigenvalue weighted by molar-refractivity contribution is 5.91. The highest BCUT2D eigenvalue weighted by Crippen LogP contribution is 2.19. The minimum atomic E-state index is -0.475. The Morgan fingerprint density at radius 3 is 2.90 bits per heavy atom. The van der Waals surface area contributed by atoms with Crippen molar-refractivity contribution in [1.82, 2.24) is 15.5 Å². The molecule has 112 valence electrons. The maximum atomic E-state index is 11.3. The van der Waals surface area contributed by atoms with Gasteiger partial charge >= 0.3 is 0 Å². The van der Waals surface area contributed by atoms with Crippen molar-refractivity contribution in [3.63, 3.8) is 0 Å². The maximum Gasteiger partial charge on any atom is 0.287 e. The summed E-state index contributed by atoms with van der Waals surface area (Å²) in [7, 11) is 3.59. The number of hydrogen-bond donors (Lipinski definition) is 2. The van der Waals surface area contributed by atoms with E-state index in [0.29, 0.717) is 18.8 Å². The van der Waals surface area contributed by atoms with Gasteiger partial charge in [0.2, 0.25) is 0 Å². The van der Waals surface area contributed by atoms with Crippen LogP contribution in [0.15, 0.2) is 34.9 Å². The molecule has 7 heteroatoms. The van der Waals surface area contributed by atoms with Gasteiger partial charge in [-0.1, -0.05) is 23.4 Å². The van der Waals surface area contributed by atoms with Crippen molar-refractivity contribution >= 4 is 5.91 Å². The number of nitrogens with one attached hydrogen (secondary N) is 1. The van der Waals surface area contributed by atoms with Gasteiger partial charge in [0, 0.05) is 18.2 Å². The van der Waals surface area contributed by atoms with E-state index in [1.54, 1.807) is 13.2 Å². The lowest BCUT2D eigenvalue weighted by atomic mass is 10.2. The lowest BCUT2D eigenvalue weighted by Gasteiger charge is -2.16. The van der Waals surface area contributed by atoms with E-state index in [9.17, 15) is 4.79 Å². The molecule has 7 nitrogen and oxygen atoms in total. The second kappa shape index (κ2) is 6.87. The number of rotatable bonds is 6. The van der Waals surface area contributed by atoms with Crippen LogP contribution in [0.5, 0.6) is 5.75 Å². The van der Waals surface area contributed by atoms with Crippen molar-refractivity contribution in [2.75, 3.05) is 14.2 Å². The normalized spacial score (nSPS) is 10.7. The minimum absolute atomic E-state index is 0.165. The quantitative estimate of drug-likeness (QED) is 0.467. The van der Waals surface area contributed by atoms with Gasteiger partial charge in [0.1, 0.15) is 5.75 Å². The zero-order valence-electron chi connectivity index (χ0n) is 12.0. The number of ether oxygens (including phenoxy) is 1. The molecule has 0 fully saturated rings. The van der Waals surface area contributed by atoms with Crippen LogP contribution in [0.4, 0.5) is 0 Å². The van der Waals surface area contributed by atoms with E-state index in [4.69, 9.17) is 15.1 Å². The molecule has 1 aromatic heterocycles. The first-order valence-corrected chi connectivity index (χ1v) is 6.41. The number of nitrogen functional groups attached to an aromatic ring is 1. The average Bonchev–Trinajstić information content (AvgIpc) is 2.95. The molecule has 21 heavy (non-hydrogen) atoms. The highest BCUT2D eigenvalue weighted by atomic mass is 16.5. The van der Waals surface area contributed by atoms with Crippen LogP contribution in [0.25, 0.3) is 0 Å². The van der Waals surface area contributed by atoms with Crippen LogP contribution in [0.2, 0.25) is 0 Å². The van der Waals surface area contributed by atoms with Gasteiger partial charge in [-0.2, -0.15) is 0 Å². The van der Waals surface area contributed by atoms with Gasteiger partial charge in [-0.05, 0) is 13.1 Å². The third-order valence-electron chi connectivity index (χ3n) is 2.98. The largest absolute Gasteiger partial charge is 0.496 e. The Balaban J connectivity index is 2.00. The molecule has 2 aromatic rings. The SMILES string of the molecule is COc1ccccc1CN(C)Cc1cc(C(=O)NN)no1. The molecular formula is C14H18N4O3. The summed E-state index contributed by atoms with van der Waals surface area (Å²) in [6.45, 7) is 1.20. The molecule has 1 heterocycles. The summed E-state index contributed by atoms with van der Waals surface area (Å²) in [6, 6.07) is 9.38. The van der Waals surface area contributed by atoms with Gasteiger partial charge in [-0.15, -0.1) is 0 Å². The Morgan fingerprint density at radius 1 is 1.43 bits per heavy atom. The number of para-hydroxylation sites is 1. The summed E-state index contributed by atoms with van der Waals surface area (Å²) in [5.74, 6) is 6.00. The topological polar surface area (TPSA) is 93.6 Å². The Hall–Kier alpha value is -2.38. The lowest BCUT2D eigenvalue weighted by Crippen LogP contribution is -2.30. The average molecular weight is 290 g/mol. The van der Waals surface area contributed by atoms with Crippen molar-refractivity contribution in [2.45, 2.75) is 13.1 Å². The van der Waals surface area contributed by atoms with Crippen molar-refractivity contribution in [1.29, 1.82) is 0 Å². The summed E-state index contributed by atoms with van der Waals surface area (Å²) in [4.78, 5) is 13.3. The van der Waals surface area contributed by atoms with Crippen LogP contribution in [0, 0.1) is 0 Å². The Labute approximate surface area is 122 Å². The minimum Gasteiger partial charge on any atom is -0.496 e. The van der Waals surface area contributed by atoms with Crippen LogP contribution >= 0.6 is 0 Å². The number of hydrazine groups is 1. The van der Waals surface area contributed by atoms with Crippen LogP contribution in [0.1, 0.15) is 21.8 Å². The number of methoxy groups -OCH3 is 1. The Kier molecular flexibility index (Phi) is 4.91. The van der Waals surface area contributed by atoms with Crippen LogP contribution in [-0.4, -0.2) is 30.1 Å². The molecule has 2 rings (SSSR count). The maximum absolute atomic E-state index is 11.3. The highest BCUT2D eigenvalue weighted by Gasteiger charge is 2.13. The van der Waals surface area contributed by atoms with Gasteiger partial charge in [0.15, 0.2) is 11.5 Å². The molecule has 0 radical (unpaired) electrons. The number of hydrogen-bond acceptors (Lipinski definition) is 6. The summed E-state index contributed by atoms with van der Waals surface area (Å²) >= 11 is 0. The molecule has 3 N–H and O–H groups in total. The number of nitrogens with zero attached hydrogens (tertiary/aromatic N) is 2. The molecule has 0 aliphatic heterocycles. The molecule has 0 spiro atoms. The van der Waals surface area contributed by atoms with E-state index < -0.39 is 5.91 Å². The van der Waals surface area contributed by atoms with Crippen LogP contribution < -0.4 is 16.0 Å². The van der Waals surface area contributed by atoms with Crippen molar-refractivity contribution in [3.05, 3.63) is 47.3 Å². The number of aromatic nitrogens is 1. The smallest absolute Gasteiger partial charge is 0.287 e. The van der Waals surface area contributed by atoms with E-state index in [-0.39, 0.29) is 5.69 Å². The van der Waals surface area contributed by atoms with Crippen molar-refractivity contribution in [3.8, 4) is 5.75 Å². The summed E-state index contributed by atoms with van der Waals surface area (Å²) in [6.07, 6.45) is 0. The van der Waals surface area contributed by atoms with Crippen molar-refractivity contribution < 1.29 is 14.1 Å². The van der Waals surface area contributed by atoms with Gasteiger partial charge in [0.05, 0.1) is 13.7 Å². The number of benzene rings is 1. The molecular weight excluding hydrogens is 272 g/mol. The van der Waals surface area contributed by atoms with E-state index in [1.807, 2.05) is 41.6 Å². The predicted octanol–water partition coefficient (Wildman–Crippen LogP) is 0.919. The molecule has 0 aliphatic rings. The molecule has 0 atom stereocenters. The Morgan fingerprint density at radius 2 is 2.19 bits per heavy atom. The van der Waals surface area contributed by atoms with E-state index in [2.05, 4.69) is 5.16 Å². The fourth-order valence-electron chi connectivity index (χ4n) is 2.01. The van der Waals surface area contributed by atoms with Crippen molar-refractivity contribution in [2.24, 2.45) is 5.84 Å². The first-order chi connectivity index (χ1) is 10.1. The predicted molar refractivity (Wildman–Crippen MR) is 76.3 cm³/mol. The first-order valence-electron chi connectivity index (χ1n) is 6.41. The fourth-order valence-corrected chi connectivity index (χ4v) is 2.01. The van der Waals surface area contributed by atoms with Gasteiger partial charge in [-0.25, -0.2) is 5.84 Å². The number of nitrogens with two attached hydrogens (primary N) is 1. The summed E-state index contributed by atoms with van der Waals surface area (Å²) < 4.78 is 10.4. The van der Waals surface area contributed by atoms with Gasteiger partial charge < -0.3 is 9.26 Å². The van der Waals surface area contributed by atoms with Gasteiger partial charge in [0.25, 0.3) is 5.91 Å². The van der Waals surface area contributed by atoms with Gasteiger partial charge in [-0.3, -0.25) is 15.1 Å². The molecule has 0 aliphatic carbocycles. The molecule has 0 bridgehead atoms. The standard InChI is InChI=1S/C14H18N4O3/c1-18(8-10-5-3-4-6-13(10)20-2)9-11-7-12(17-21-11)14(19)16-15/h3-7H,8-9,15H2,1-2H3,(H,16,19). The zero-order chi connectivity index (χ0) is 15.2. The second-order valence-electron chi connectivity index (χ2n) is 4.64. The number of carbonyl (C=O) groups excluding carboxylic acids is 1. The number of carbonyl (C=O) groups is 1. The Bertz CT molecular complexity index is 612. The van der Waals surface area contributed by atoms with E-state index in [1.165, 1.54) is 0 Å². The first kappa shape index (κ1) is 15.0. The second-order valence-corrected chi connectivity index (χ2v) is 4.64. The van der Waals surface area contributed by atoms with Crippen LogP contribution in [0.3, 0.4) is 0 Å². The molecule has 0 unspecified atom stereocenters. The van der Waals surface area contributed by atoms with Crippen LogP contribution in [-0.2, 0) is 13.1 Å². The fraction of sp³-hybridized carbons (Fsp3) is 0.286. The molecule has 0 saturated carbocycles. The zero-order valence-corrected chi connectivity index (χ0v) is 12.0. The molecule has 1 amide bonds. The summed E-state index contributed by atoms with van der Waals surface area (Å²) in [5, 5.41) is 3.66. The van der Waals surface area contributed by atoms with E-state index in [0.717, 1.165) is 11.3 Å². The van der Waals surface area contributed by atoms with E-state index >= 15 is 0 Å². The monoisotopic (exact) mass is 290 g/mol.